The van der Waals surface area contributed by atoms with Crippen LogP contribution in [0, 0.1) is 5.92 Å². The molecule has 1 saturated heterocycles. The van der Waals surface area contributed by atoms with E-state index in [-0.39, 0.29) is 12.5 Å². The Hall–Kier alpha value is -2.90. The number of oxazole rings is 1. The van der Waals surface area contributed by atoms with Crippen molar-refractivity contribution in [3.05, 3.63) is 46.5 Å². The van der Waals surface area contributed by atoms with Crippen LogP contribution in [0.15, 0.2) is 33.5 Å². The number of hydrogen-bond donors (Lipinski definition) is 1. The Morgan fingerprint density at radius 3 is 2.81 bits per heavy atom. The van der Waals surface area contributed by atoms with Crippen molar-refractivity contribution in [1.29, 1.82) is 0 Å². The summed E-state index contributed by atoms with van der Waals surface area (Å²) in [5, 5.41) is 7.18. The van der Waals surface area contributed by atoms with Gasteiger partial charge in [0.05, 0.1) is 5.52 Å². The van der Waals surface area contributed by atoms with Crippen molar-refractivity contribution in [2.24, 2.45) is 5.92 Å². The van der Waals surface area contributed by atoms with Gasteiger partial charge in [0, 0.05) is 25.9 Å². The Bertz CT molecular complexity index is 994. The number of benzene rings is 1. The summed E-state index contributed by atoms with van der Waals surface area (Å²) >= 11 is 0. The average molecular weight is 369 g/mol. The van der Waals surface area contributed by atoms with Gasteiger partial charge in [-0.15, -0.1) is 0 Å². The van der Waals surface area contributed by atoms with Crippen molar-refractivity contribution in [2.75, 3.05) is 13.1 Å². The van der Waals surface area contributed by atoms with Crippen LogP contribution in [-0.4, -0.2) is 43.6 Å². The minimum Gasteiger partial charge on any atom is -0.408 e. The highest BCUT2D eigenvalue weighted by molar-refractivity contribution is 5.79. The summed E-state index contributed by atoms with van der Waals surface area (Å²) in [5.41, 5.74) is 1.16. The summed E-state index contributed by atoms with van der Waals surface area (Å²) in [4.78, 5) is 31.0. The molecule has 1 aliphatic heterocycles. The molecule has 0 unspecified atom stereocenters. The summed E-state index contributed by atoms with van der Waals surface area (Å²) in [6.07, 6.45) is 3.54. The van der Waals surface area contributed by atoms with Gasteiger partial charge in [0.15, 0.2) is 5.58 Å². The molecule has 3 heterocycles. The lowest BCUT2D eigenvalue weighted by Gasteiger charge is -2.31. The number of aromatic nitrogens is 4. The van der Waals surface area contributed by atoms with Gasteiger partial charge in [-0.05, 0) is 30.9 Å². The molecule has 1 amide bonds. The lowest BCUT2D eigenvalue weighted by molar-refractivity contribution is -0.133. The van der Waals surface area contributed by atoms with E-state index in [1.165, 1.54) is 4.57 Å². The van der Waals surface area contributed by atoms with E-state index in [0.29, 0.717) is 30.1 Å². The number of amides is 1. The highest BCUT2D eigenvalue weighted by Gasteiger charge is 2.25. The van der Waals surface area contributed by atoms with Crippen LogP contribution in [0.4, 0.5) is 0 Å². The number of likely N-dealkylation sites (tertiary alicyclic amines) is 1. The van der Waals surface area contributed by atoms with Crippen molar-refractivity contribution in [2.45, 2.75) is 39.2 Å². The molecule has 0 spiro atoms. The third-order valence-electron chi connectivity index (χ3n) is 5.21. The Morgan fingerprint density at radius 2 is 2.07 bits per heavy atom. The second-order valence-corrected chi connectivity index (χ2v) is 7.00. The van der Waals surface area contributed by atoms with Crippen molar-refractivity contribution in [1.82, 2.24) is 24.6 Å². The molecule has 0 bridgehead atoms. The largest absolute Gasteiger partial charge is 0.420 e. The molecule has 8 heteroatoms. The molecular weight excluding hydrogens is 346 g/mol. The molecule has 3 aromatic rings. The third kappa shape index (κ3) is 3.65. The Morgan fingerprint density at radius 1 is 1.30 bits per heavy atom. The summed E-state index contributed by atoms with van der Waals surface area (Å²) in [6, 6.07) is 7.16. The molecule has 1 N–H and O–H groups in total. The zero-order valence-electron chi connectivity index (χ0n) is 15.4. The second-order valence-electron chi connectivity index (χ2n) is 7.00. The molecule has 0 atom stereocenters. The van der Waals surface area contributed by atoms with Gasteiger partial charge >= 0.3 is 5.76 Å². The molecule has 2 aromatic heterocycles. The first-order chi connectivity index (χ1) is 13.1. The van der Waals surface area contributed by atoms with E-state index in [0.717, 1.165) is 37.3 Å². The van der Waals surface area contributed by atoms with Crippen LogP contribution < -0.4 is 5.76 Å². The second kappa shape index (κ2) is 7.38. The van der Waals surface area contributed by atoms with E-state index >= 15 is 0 Å². The van der Waals surface area contributed by atoms with E-state index < -0.39 is 5.76 Å². The first-order valence-electron chi connectivity index (χ1n) is 9.40. The number of nitrogens with one attached hydrogen (secondary N) is 1. The molecule has 1 aliphatic rings. The first-order valence-corrected chi connectivity index (χ1v) is 9.40. The Balaban J connectivity index is 1.35. The molecule has 8 nitrogen and oxygen atoms in total. The molecular formula is C19H23N5O3. The van der Waals surface area contributed by atoms with Crippen LogP contribution in [-0.2, 0) is 24.2 Å². The molecule has 1 aromatic carbocycles. The van der Waals surface area contributed by atoms with Gasteiger partial charge in [0.2, 0.25) is 5.91 Å². The summed E-state index contributed by atoms with van der Waals surface area (Å²) in [6.45, 7) is 3.44. The molecule has 1 fully saturated rings. The van der Waals surface area contributed by atoms with Crippen molar-refractivity contribution in [3.63, 3.8) is 0 Å². The highest BCUT2D eigenvalue weighted by Crippen LogP contribution is 2.21. The number of nitrogens with zero attached hydrogens (tertiary/aromatic N) is 4. The predicted molar refractivity (Wildman–Crippen MR) is 99.2 cm³/mol. The van der Waals surface area contributed by atoms with Crippen molar-refractivity contribution < 1.29 is 9.21 Å². The number of piperidine rings is 1. The smallest absolute Gasteiger partial charge is 0.408 e. The van der Waals surface area contributed by atoms with Crippen molar-refractivity contribution in [3.8, 4) is 0 Å². The summed E-state index contributed by atoms with van der Waals surface area (Å²) < 4.78 is 6.61. The van der Waals surface area contributed by atoms with E-state index in [4.69, 9.17) is 4.42 Å². The minimum atomic E-state index is -0.489. The summed E-state index contributed by atoms with van der Waals surface area (Å²) in [5.74, 6) is 1.72. The number of para-hydroxylation sites is 2. The van der Waals surface area contributed by atoms with Crippen LogP contribution in [0.1, 0.15) is 31.4 Å². The molecule has 0 aliphatic carbocycles. The fourth-order valence-corrected chi connectivity index (χ4v) is 3.64. The summed E-state index contributed by atoms with van der Waals surface area (Å²) in [7, 11) is 0. The van der Waals surface area contributed by atoms with Gasteiger partial charge in [0.1, 0.15) is 18.2 Å². The van der Waals surface area contributed by atoms with Gasteiger partial charge in [-0.3, -0.25) is 14.5 Å². The number of H-pyrrole nitrogens is 1. The van der Waals surface area contributed by atoms with E-state index in [1.54, 1.807) is 18.2 Å². The molecule has 0 radical (unpaired) electrons. The zero-order chi connectivity index (χ0) is 18.8. The standard InChI is InChI=1S/C19H23N5O3/c1-2-16-20-17(22-21-16)11-13-7-9-23(10-8-13)18(25)12-24-14-5-3-4-6-15(14)27-19(24)26/h3-6,13H,2,7-12H2,1H3,(H,20,21,22). The van der Waals surface area contributed by atoms with Gasteiger partial charge in [-0.1, -0.05) is 19.1 Å². The maximum absolute atomic E-state index is 12.7. The Kier molecular flexibility index (Phi) is 4.79. The third-order valence-corrected chi connectivity index (χ3v) is 5.21. The van der Waals surface area contributed by atoms with Crippen LogP contribution in [0.5, 0.6) is 0 Å². The maximum atomic E-state index is 12.7. The Labute approximate surface area is 156 Å². The maximum Gasteiger partial charge on any atom is 0.420 e. The first kappa shape index (κ1) is 17.5. The number of carbonyl (C=O) groups excluding carboxylic acids is 1. The SMILES string of the molecule is CCc1n[nH]c(CC2CCN(C(=O)Cn3c(=O)oc4ccccc43)CC2)n1. The fraction of sp³-hybridized carbons (Fsp3) is 0.474. The number of fused-ring (bicyclic) bond motifs is 1. The molecule has 4 rings (SSSR count). The van der Waals surface area contributed by atoms with Gasteiger partial charge in [-0.25, -0.2) is 9.78 Å². The number of aryl methyl sites for hydroxylation is 1. The van der Waals surface area contributed by atoms with Gasteiger partial charge < -0.3 is 9.32 Å². The van der Waals surface area contributed by atoms with E-state index in [9.17, 15) is 9.59 Å². The van der Waals surface area contributed by atoms with Crippen molar-refractivity contribution >= 4 is 17.0 Å². The molecule has 0 saturated carbocycles. The quantitative estimate of drug-likeness (QED) is 0.739. The highest BCUT2D eigenvalue weighted by atomic mass is 16.4. The van der Waals surface area contributed by atoms with Crippen LogP contribution in [0.3, 0.4) is 0 Å². The number of carbonyl (C=O) groups is 1. The fourth-order valence-electron chi connectivity index (χ4n) is 3.64. The van der Waals surface area contributed by atoms with Crippen LogP contribution in [0.2, 0.25) is 0 Å². The zero-order valence-corrected chi connectivity index (χ0v) is 15.4. The van der Waals surface area contributed by atoms with Gasteiger partial charge in [0.25, 0.3) is 0 Å². The number of aromatic amines is 1. The van der Waals surface area contributed by atoms with E-state index in [2.05, 4.69) is 15.2 Å². The topological polar surface area (TPSA) is 97.0 Å². The minimum absolute atomic E-state index is 0.0163. The lowest BCUT2D eigenvalue weighted by atomic mass is 9.93. The number of hydrogen-bond acceptors (Lipinski definition) is 5. The average Bonchev–Trinajstić information content (AvgIpc) is 3.26. The monoisotopic (exact) mass is 369 g/mol. The van der Waals surface area contributed by atoms with Crippen LogP contribution >= 0.6 is 0 Å². The van der Waals surface area contributed by atoms with Crippen LogP contribution in [0.25, 0.3) is 11.1 Å². The van der Waals surface area contributed by atoms with E-state index in [1.807, 2.05) is 17.9 Å². The molecule has 142 valence electrons. The number of rotatable bonds is 5. The normalized spacial score (nSPS) is 15.5. The lowest BCUT2D eigenvalue weighted by Crippen LogP contribution is -2.41. The predicted octanol–water partition coefficient (Wildman–Crippen LogP) is 1.76. The van der Waals surface area contributed by atoms with Gasteiger partial charge in [-0.2, -0.15) is 5.10 Å². The molecule has 27 heavy (non-hydrogen) atoms.